The highest BCUT2D eigenvalue weighted by Gasteiger charge is 2.26. The smallest absolute Gasteiger partial charge is 0.387 e. The lowest BCUT2D eigenvalue weighted by atomic mass is 10.2. The lowest BCUT2D eigenvalue weighted by Gasteiger charge is -2.38. The summed E-state index contributed by atoms with van der Waals surface area (Å²) in [5.41, 5.74) is 1.15. The molecule has 0 spiro atoms. The molecule has 2 aromatic rings. The summed E-state index contributed by atoms with van der Waals surface area (Å²) in [5.74, 6) is -0.636. The van der Waals surface area contributed by atoms with Gasteiger partial charge in [0.1, 0.15) is 11.6 Å². The van der Waals surface area contributed by atoms with Crippen molar-refractivity contribution < 1.29 is 22.7 Å². The van der Waals surface area contributed by atoms with Gasteiger partial charge >= 0.3 is 6.61 Å². The fourth-order valence-corrected chi connectivity index (χ4v) is 3.19. The summed E-state index contributed by atoms with van der Waals surface area (Å²) >= 11 is 0. The van der Waals surface area contributed by atoms with Crippen molar-refractivity contribution in [2.45, 2.75) is 19.6 Å². The summed E-state index contributed by atoms with van der Waals surface area (Å²) in [6, 6.07) is 12.0. The summed E-state index contributed by atoms with van der Waals surface area (Å²) in [6.07, 6.45) is 0. The Kier molecular flexibility index (Phi) is 6.41. The number of benzene rings is 2. The van der Waals surface area contributed by atoms with Gasteiger partial charge in [0.15, 0.2) is 0 Å². The number of rotatable bonds is 6. The predicted molar refractivity (Wildman–Crippen MR) is 101 cm³/mol. The molecule has 1 fully saturated rings. The molecule has 1 amide bonds. The summed E-state index contributed by atoms with van der Waals surface area (Å²) in [6.45, 7) is 1.53. The van der Waals surface area contributed by atoms with Crippen LogP contribution in [0.15, 0.2) is 48.5 Å². The van der Waals surface area contributed by atoms with Crippen molar-refractivity contribution in [1.29, 1.82) is 0 Å². The van der Waals surface area contributed by atoms with Crippen LogP contribution in [-0.4, -0.2) is 49.6 Å². The van der Waals surface area contributed by atoms with Gasteiger partial charge in [-0.3, -0.25) is 9.69 Å². The van der Waals surface area contributed by atoms with Gasteiger partial charge in [0.05, 0.1) is 11.7 Å². The second-order valence-electron chi connectivity index (χ2n) is 6.54. The van der Waals surface area contributed by atoms with E-state index in [2.05, 4.69) is 15.0 Å². The average Bonchev–Trinajstić information content (AvgIpc) is 2.69. The van der Waals surface area contributed by atoms with Crippen LogP contribution in [-0.2, 0) is 4.79 Å². The largest absolute Gasteiger partial charge is 0.433 e. The topological polar surface area (TPSA) is 44.8 Å². The van der Waals surface area contributed by atoms with E-state index in [1.165, 1.54) is 24.3 Å². The highest BCUT2D eigenvalue weighted by molar-refractivity contribution is 5.95. The van der Waals surface area contributed by atoms with Gasteiger partial charge in [-0.2, -0.15) is 8.78 Å². The minimum Gasteiger partial charge on any atom is -0.433 e. The zero-order valence-electron chi connectivity index (χ0n) is 15.4. The zero-order chi connectivity index (χ0) is 20.1. The number of carbonyl (C=O) groups is 1. The number of piperazine rings is 1. The van der Waals surface area contributed by atoms with Crippen LogP contribution in [0, 0.1) is 5.82 Å². The lowest BCUT2D eigenvalue weighted by Crippen LogP contribution is -2.52. The first-order chi connectivity index (χ1) is 13.4. The van der Waals surface area contributed by atoms with E-state index in [0.717, 1.165) is 5.69 Å². The number of hydrogen-bond donors (Lipinski definition) is 1. The molecule has 2 aromatic carbocycles. The maximum atomic E-state index is 13.1. The monoisotopic (exact) mass is 393 g/mol. The summed E-state index contributed by atoms with van der Waals surface area (Å²) in [4.78, 5) is 16.7. The molecule has 0 bridgehead atoms. The number of nitrogens with zero attached hydrogens (tertiary/aromatic N) is 2. The molecule has 1 heterocycles. The Hall–Kier alpha value is -2.74. The Balaban J connectivity index is 1.57. The quantitative estimate of drug-likeness (QED) is 0.815. The Morgan fingerprint density at radius 2 is 1.68 bits per heavy atom. The molecule has 1 saturated heterocycles. The summed E-state index contributed by atoms with van der Waals surface area (Å²) in [5, 5.41) is 2.67. The van der Waals surface area contributed by atoms with E-state index in [4.69, 9.17) is 0 Å². The molecular formula is C20H22F3N3O2. The van der Waals surface area contributed by atoms with Crippen molar-refractivity contribution >= 4 is 17.3 Å². The van der Waals surface area contributed by atoms with Crippen LogP contribution in [0.1, 0.15) is 6.92 Å². The van der Waals surface area contributed by atoms with Crippen molar-refractivity contribution in [3.8, 4) is 5.75 Å². The number of carbonyl (C=O) groups excluding carboxylic acids is 1. The molecule has 3 rings (SSSR count). The molecule has 0 unspecified atom stereocenters. The van der Waals surface area contributed by atoms with Gasteiger partial charge in [0, 0.05) is 31.9 Å². The SMILES string of the molecule is C[C@@H](C(=O)Nc1ccccc1OC(F)F)N1CCN(c2ccc(F)cc2)CC1. The first-order valence-electron chi connectivity index (χ1n) is 9.03. The molecule has 0 saturated carbocycles. The average molecular weight is 393 g/mol. The first-order valence-corrected chi connectivity index (χ1v) is 9.03. The Morgan fingerprint density at radius 3 is 2.32 bits per heavy atom. The van der Waals surface area contributed by atoms with E-state index in [9.17, 15) is 18.0 Å². The van der Waals surface area contributed by atoms with E-state index >= 15 is 0 Å². The normalized spacial score (nSPS) is 16.1. The van der Waals surface area contributed by atoms with Gasteiger partial charge in [-0.1, -0.05) is 12.1 Å². The number of halogens is 3. The Bertz CT molecular complexity index is 794. The maximum absolute atomic E-state index is 13.1. The second-order valence-corrected chi connectivity index (χ2v) is 6.54. The van der Waals surface area contributed by atoms with Gasteiger partial charge < -0.3 is 15.0 Å². The Morgan fingerprint density at radius 1 is 1.04 bits per heavy atom. The van der Waals surface area contributed by atoms with E-state index in [0.29, 0.717) is 26.2 Å². The van der Waals surface area contributed by atoms with E-state index < -0.39 is 12.7 Å². The molecule has 150 valence electrons. The van der Waals surface area contributed by atoms with Crippen LogP contribution in [0.25, 0.3) is 0 Å². The van der Waals surface area contributed by atoms with Crippen molar-refractivity contribution in [1.82, 2.24) is 4.90 Å². The number of ether oxygens (including phenoxy) is 1. The number of nitrogens with one attached hydrogen (secondary N) is 1. The van der Waals surface area contributed by atoms with Crippen molar-refractivity contribution in [2.24, 2.45) is 0 Å². The molecule has 8 heteroatoms. The van der Waals surface area contributed by atoms with Crippen molar-refractivity contribution in [3.05, 3.63) is 54.3 Å². The van der Waals surface area contributed by atoms with Crippen molar-refractivity contribution in [3.63, 3.8) is 0 Å². The molecule has 0 radical (unpaired) electrons. The number of anilines is 2. The molecule has 28 heavy (non-hydrogen) atoms. The third-order valence-corrected chi connectivity index (χ3v) is 4.79. The molecule has 5 nitrogen and oxygen atoms in total. The highest BCUT2D eigenvalue weighted by atomic mass is 19.3. The highest BCUT2D eigenvalue weighted by Crippen LogP contribution is 2.26. The third kappa shape index (κ3) is 4.95. The van der Waals surface area contributed by atoms with Gasteiger partial charge in [0.25, 0.3) is 0 Å². The molecule has 0 aromatic heterocycles. The molecule has 1 atom stereocenters. The minimum atomic E-state index is -2.96. The van der Waals surface area contributed by atoms with Crippen LogP contribution in [0.2, 0.25) is 0 Å². The Labute approximate surface area is 161 Å². The van der Waals surface area contributed by atoms with Gasteiger partial charge in [-0.25, -0.2) is 4.39 Å². The van der Waals surface area contributed by atoms with Gasteiger partial charge in [-0.05, 0) is 43.3 Å². The van der Waals surface area contributed by atoms with Crippen LogP contribution < -0.4 is 15.0 Å². The van der Waals surface area contributed by atoms with E-state index in [-0.39, 0.29) is 23.2 Å². The third-order valence-electron chi connectivity index (χ3n) is 4.79. The van der Waals surface area contributed by atoms with Crippen LogP contribution >= 0.6 is 0 Å². The summed E-state index contributed by atoms with van der Waals surface area (Å²) in [7, 11) is 0. The van der Waals surface area contributed by atoms with Crippen LogP contribution in [0.5, 0.6) is 5.75 Å². The van der Waals surface area contributed by atoms with E-state index in [1.807, 2.05) is 4.90 Å². The lowest BCUT2D eigenvalue weighted by molar-refractivity contribution is -0.120. The van der Waals surface area contributed by atoms with Crippen LogP contribution in [0.3, 0.4) is 0 Å². The standard InChI is InChI=1S/C20H22F3N3O2/c1-14(19(27)24-17-4-2-3-5-18(17)28-20(22)23)25-10-12-26(13-11-25)16-8-6-15(21)7-9-16/h2-9,14,20H,10-13H2,1H3,(H,24,27)/t14-/m0/s1. The minimum absolute atomic E-state index is 0.0702. The first kappa shape index (κ1) is 20.0. The van der Waals surface area contributed by atoms with Crippen molar-refractivity contribution in [2.75, 3.05) is 36.4 Å². The van der Waals surface area contributed by atoms with Gasteiger partial charge in [-0.15, -0.1) is 0 Å². The molecular weight excluding hydrogens is 371 g/mol. The summed E-state index contributed by atoms with van der Waals surface area (Å²) < 4.78 is 42.5. The number of amides is 1. The molecule has 1 N–H and O–H groups in total. The number of para-hydroxylation sites is 2. The predicted octanol–water partition coefficient (Wildman–Crippen LogP) is 3.58. The number of hydrogen-bond acceptors (Lipinski definition) is 4. The molecule has 1 aliphatic rings. The van der Waals surface area contributed by atoms with E-state index in [1.54, 1.807) is 31.2 Å². The second kappa shape index (κ2) is 8.97. The number of alkyl halides is 2. The maximum Gasteiger partial charge on any atom is 0.387 e. The van der Waals surface area contributed by atoms with Crippen LogP contribution in [0.4, 0.5) is 24.5 Å². The fraction of sp³-hybridized carbons (Fsp3) is 0.350. The zero-order valence-corrected chi connectivity index (χ0v) is 15.4. The molecule has 1 aliphatic heterocycles. The molecule has 0 aliphatic carbocycles. The fourth-order valence-electron chi connectivity index (χ4n) is 3.19. The van der Waals surface area contributed by atoms with Gasteiger partial charge in [0.2, 0.25) is 5.91 Å².